The summed E-state index contributed by atoms with van der Waals surface area (Å²) >= 11 is 9.26. The van der Waals surface area contributed by atoms with Crippen molar-refractivity contribution in [2.24, 2.45) is 0 Å². The van der Waals surface area contributed by atoms with E-state index in [9.17, 15) is 13.2 Å². The van der Waals surface area contributed by atoms with Gasteiger partial charge in [-0.15, -0.1) is 11.6 Å². The number of rotatable bonds is 2. The highest BCUT2D eigenvalue weighted by molar-refractivity contribution is 9.10. The number of alkyl halides is 4. The van der Waals surface area contributed by atoms with E-state index >= 15 is 0 Å². The Labute approximate surface area is 126 Å². The van der Waals surface area contributed by atoms with Crippen molar-refractivity contribution in [1.29, 1.82) is 0 Å². The van der Waals surface area contributed by atoms with E-state index in [-0.39, 0.29) is 24.3 Å². The van der Waals surface area contributed by atoms with Crippen LogP contribution in [-0.2, 0) is 5.54 Å². The van der Waals surface area contributed by atoms with E-state index in [4.69, 9.17) is 11.6 Å². The molecular formula is C12H10BrClF3N3. The molecule has 3 rings (SSSR count). The first kappa shape index (κ1) is 14.1. The second-order valence-corrected chi connectivity index (χ2v) is 6.52. The molecule has 3 nitrogen and oxygen atoms in total. The van der Waals surface area contributed by atoms with Crippen molar-refractivity contribution in [3.05, 3.63) is 22.6 Å². The number of imidazole rings is 1. The summed E-state index contributed by atoms with van der Waals surface area (Å²) in [6.07, 6.45) is -2.79. The zero-order chi connectivity index (χ0) is 14.7. The van der Waals surface area contributed by atoms with E-state index in [1.54, 1.807) is 13.0 Å². The van der Waals surface area contributed by atoms with E-state index < -0.39 is 17.1 Å². The predicted octanol–water partition coefficient (Wildman–Crippen LogP) is 4.55. The molecule has 0 radical (unpaired) electrons. The minimum Gasteiger partial charge on any atom is -0.296 e. The molecule has 0 N–H and O–H groups in total. The van der Waals surface area contributed by atoms with Gasteiger partial charge in [0.15, 0.2) is 5.65 Å². The van der Waals surface area contributed by atoms with Crippen LogP contribution in [0, 0.1) is 0 Å². The van der Waals surface area contributed by atoms with Gasteiger partial charge in [0.1, 0.15) is 16.9 Å². The molecule has 0 aromatic carbocycles. The fourth-order valence-corrected chi connectivity index (χ4v) is 2.86. The van der Waals surface area contributed by atoms with Crippen LogP contribution in [-0.4, -0.2) is 20.7 Å². The molecule has 1 saturated carbocycles. The monoisotopic (exact) mass is 367 g/mol. The Morgan fingerprint density at radius 3 is 2.60 bits per heavy atom. The highest BCUT2D eigenvalue weighted by atomic mass is 79.9. The number of aromatic nitrogens is 3. The van der Waals surface area contributed by atoms with Gasteiger partial charge in [0.2, 0.25) is 0 Å². The summed E-state index contributed by atoms with van der Waals surface area (Å²) in [5.74, 6) is 0.210. The van der Waals surface area contributed by atoms with E-state index in [0.717, 1.165) is 0 Å². The fraction of sp³-hybridized carbons (Fsp3) is 0.500. The summed E-state index contributed by atoms with van der Waals surface area (Å²) in [5.41, 5.74) is -1.26. The topological polar surface area (TPSA) is 30.7 Å². The molecule has 0 saturated heterocycles. The van der Waals surface area contributed by atoms with Gasteiger partial charge < -0.3 is 0 Å². The van der Waals surface area contributed by atoms with Gasteiger partial charge in [0.05, 0.1) is 5.38 Å². The lowest BCUT2D eigenvalue weighted by Crippen LogP contribution is -2.36. The largest absolute Gasteiger partial charge is 0.412 e. The third-order valence-electron chi connectivity index (χ3n) is 3.52. The van der Waals surface area contributed by atoms with Crippen molar-refractivity contribution in [2.75, 3.05) is 0 Å². The predicted molar refractivity (Wildman–Crippen MR) is 72.8 cm³/mol. The van der Waals surface area contributed by atoms with Crippen molar-refractivity contribution in [3.8, 4) is 0 Å². The molecule has 1 aliphatic carbocycles. The van der Waals surface area contributed by atoms with Crippen molar-refractivity contribution < 1.29 is 13.2 Å². The highest BCUT2D eigenvalue weighted by Gasteiger charge is 2.66. The van der Waals surface area contributed by atoms with Crippen molar-refractivity contribution >= 4 is 38.7 Å². The van der Waals surface area contributed by atoms with E-state index in [1.165, 1.54) is 10.8 Å². The summed E-state index contributed by atoms with van der Waals surface area (Å²) in [4.78, 5) is 8.33. The maximum absolute atomic E-state index is 13.4. The fourth-order valence-electron chi connectivity index (χ4n) is 2.40. The normalized spacial score (nSPS) is 19.3. The molecule has 2 aromatic heterocycles. The molecule has 1 aliphatic rings. The molecule has 1 atom stereocenters. The van der Waals surface area contributed by atoms with Gasteiger partial charge in [0.25, 0.3) is 0 Å². The van der Waals surface area contributed by atoms with Crippen LogP contribution in [0.15, 0.2) is 16.7 Å². The van der Waals surface area contributed by atoms with Gasteiger partial charge in [-0.3, -0.25) is 4.57 Å². The maximum atomic E-state index is 13.4. The number of hydrogen-bond acceptors (Lipinski definition) is 2. The van der Waals surface area contributed by atoms with Crippen molar-refractivity contribution in [3.63, 3.8) is 0 Å². The Hall–Kier alpha value is -0.820. The number of fused-ring (bicyclic) bond motifs is 1. The standard InChI is InChI=1S/C12H10BrClF3N3/c1-6(14)9-19-8-4-7(13)5-18-10(8)20(9)11(2-3-11)12(15,16)17/h4-6H,2-3H2,1H3. The summed E-state index contributed by atoms with van der Waals surface area (Å²) in [6, 6.07) is 1.65. The molecule has 108 valence electrons. The molecule has 0 aliphatic heterocycles. The Bertz CT molecular complexity index is 676. The minimum absolute atomic E-state index is 0.0380. The van der Waals surface area contributed by atoms with Crippen LogP contribution >= 0.6 is 27.5 Å². The average Bonchev–Trinajstić information content (AvgIpc) is 3.05. The minimum atomic E-state index is -4.34. The second kappa shape index (κ2) is 4.34. The van der Waals surface area contributed by atoms with E-state index in [2.05, 4.69) is 25.9 Å². The maximum Gasteiger partial charge on any atom is 0.412 e. The number of hydrogen-bond donors (Lipinski definition) is 0. The summed E-state index contributed by atoms with van der Waals surface area (Å²) in [6.45, 7) is 1.61. The second-order valence-electron chi connectivity index (χ2n) is 4.95. The van der Waals surface area contributed by atoms with Crippen LogP contribution in [0.3, 0.4) is 0 Å². The Morgan fingerprint density at radius 2 is 2.10 bits per heavy atom. The van der Waals surface area contributed by atoms with Crippen LogP contribution in [0.4, 0.5) is 13.2 Å². The first-order valence-electron chi connectivity index (χ1n) is 6.01. The van der Waals surface area contributed by atoms with Crippen LogP contribution < -0.4 is 0 Å². The quantitative estimate of drug-likeness (QED) is 0.728. The smallest absolute Gasteiger partial charge is 0.296 e. The molecular weight excluding hydrogens is 359 g/mol. The van der Waals surface area contributed by atoms with Crippen molar-refractivity contribution in [2.45, 2.75) is 36.9 Å². The molecule has 1 unspecified atom stereocenters. The van der Waals surface area contributed by atoms with Gasteiger partial charge in [-0.1, -0.05) is 0 Å². The first-order chi connectivity index (χ1) is 9.26. The molecule has 0 spiro atoms. The van der Waals surface area contributed by atoms with Gasteiger partial charge in [-0.25, -0.2) is 9.97 Å². The Morgan fingerprint density at radius 1 is 1.45 bits per heavy atom. The van der Waals surface area contributed by atoms with Crippen LogP contribution in [0.5, 0.6) is 0 Å². The average molecular weight is 369 g/mol. The molecule has 8 heteroatoms. The van der Waals surface area contributed by atoms with Crippen molar-refractivity contribution in [1.82, 2.24) is 14.5 Å². The van der Waals surface area contributed by atoms with Gasteiger partial charge in [-0.05, 0) is 41.8 Å². The SMILES string of the molecule is CC(Cl)c1nc2cc(Br)cnc2n1C1(C(F)(F)F)CC1. The third kappa shape index (κ3) is 1.94. The van der Waals surface area contributed by atoms with Crippen LogP contribution in [0.1, 0.15) is 31.0 Å². The Kier molecular flexibility index (Phi) is 3.06. The molecule has 0 bridgehead atoms. The summed E-state index contributed by atoms with van der Waals surface area (Å²) < 4.78 is 42.0. The molecule has 2 aromatic rings. The highest BCUT2D eigenvalue weighted by Crippen LogP contribution is 2.57. The van der Waals surface area contributed by atoms with E-state index in [1.807, 2.05) is 0 Å². The number of nitrogens with zero attached hydrogens (tertiary/aromatic N) is 3. The Balaban J connectivity index is 2.31. The zero-order valence-electron chi connectivity index (χ0n) is 10.4. The van der Waals surface area contributed by atoms with Crippen LogP contribution in [0.25, 0.3) is 11.2 Å². The van der Waals surface area contributed by atoms with Gasteiger partial charge in [-0.2, -0.15) is 13.2 Å². The summed E-state index contributed by atoms with van der Waals surface area (Å²) in [5, 5.41) is -0.622. The lowest BCUT2D eigenvalue weighted by Gasteiger charge is -2.24. The number of pyridine rings is 1. The zero-order valence-corrected chi connectivity index (χ0v) is 12.7. The van der Waals surface area contributed by atoms with Gasteiger partial charge >= 0.3 is 6.18 Å². The summed E-state index contributed by atoms with van der Waals surface area (Å²) in [7, 11) is 0. The third-order valence-corrected chi connectivity index (χ3v) is 4.15. The van der Waals surface area contributed by atoms with E-state index in [0.29, 0.717) is 9.99 Å². The molecule has 0 amide bonds. The molecule has 1 fully saturated rings. The number of halogens is 5. The lowest BCUT2D eigenvalue weighted by molar-refractivity contribution is -0.179. The first-order valence-corrected chi connectivity index (χ1v) is 7.24. The lowest BCUT2D eigenvalue weighted by atomic mass is 10.2. The molecule has 2 heterocycles. The van der Waals surface area contributed by atoms with Gasteiger partial charge in [0, 0.05) is 10.7 Å². The molecule has 20 heavy (non-hydrogen) atoms. The van der Waals surface area contributed by atoms with Crippen LogP contribution in [0.2, 0.25) is 0 Å².